The minimum atomic E-state index is -0.655. The van der Waals surface area contributed by atoms with Crippen LogP contribution in [0.1, 0.15) is 45.2 Å². The number of nitrogens with zero attached hydrogens (tertiary/aromatic N) is 1. The van der Waals surface area contributed by atoms with Gasteiger partial charge in [0, 0.05) is 23.5 Å². The maximum atomic E-state index is 13.1. The highest BCUT2D eigenvalue weighted by molar-refractivity contribution is 6.42. The fourth-order valence-electron chi connectivity index (χ4n) is 2.98. The third-order valence-corrected chi connectivity index (χ3v) is 5.68. The minimum Gasteiger partial charge on any atom is -0.350 e. The van der Waals surface area contributed by atoms with Gasteiger partial charge in [-0.1, -0.05) is 59.1 Å². The Labute approximate surface area is 193 Å². The second kappa shape index (κ2) is 10.5. The summed E-state index contributed by atoms with van der Waals surface area (Å²) in [5.41, 5.74) is 1.29. The van der Waals surface area contributed by atoms with Crippen molar-refractivity contribution >= 4 is 46.6 Å². The van der Waals surface area contributed by atoms with Gasteiger partial charge in [0.2, 0.25) is 11.8 Å². The lowest BCUT2D eigenvalue weighted by molar-refractivity contribution is -0.141. The largest absolute Gasteiger partial charge is 0.350 e. The van der Waals surface area contributed by atoms with Gasteiger partial charge in [-0.15, -0.1) is 0 Å². The van der Waals surface area contributed by atoms with E-state index in [0.29, 0.717) is 21.5 Å². The molecule has 30 heavy (non-hydrogen) atoms. The summed E-state index contributed by atoms with van der Waals surface area (Å²) in [5.74, 6) is -0.355. The lowest BCUT2D eigenvalue weighted by Crippen LogP contribution is -2.52. The fraction of sp³-hybridized carbons (Fsp3) is 0.391. The Balaban J connectivity index is 2.22. The Morgan fingerprint density at radius 3 is 2.27 bits per heavy atom. The Morgan fingerprint density at radius 2 is 1.67 bits per heavy atom. The van der Waals surface area contributed by atoms with E-state index >= 15 is 0 Å². The van der Waals surface area contributed by atoms with E-state index in [2.05, 4.69) is 5.32 Å². The highest BCUT2D eigenvalue weighted by Gasteiger charge is 2.28. The second-order valence-corrected chi connectivity index (χ2v) is 9.50. The van der Waals surface area contributed by atoms with Gasteiger partial charge < -0.3 is 10.2 Å². The van der Waals surface area contributed by atoms with Crippen LogP contribution in [-0.4, -0.2) is 28.3 Å². The monoisotopic (exact) mass is 468 g/mol. The first kappa shape index (κ1) is 24.5. The number of amides is 2. The van der Waals surface area contributed by atoms with E-state index in [9.17, 15) is 9.59 Å². The highest BCUT2D eigenvalue weighted by Crippen LogP contribution is 2.24. The molecule has 0 aliphatic heterocycles. The van der Waals surface area contributed by atoms with E-state index in [-0.39, 0.29) is 24.8 Å². The molecule has 4 nitrogen and oxygen atoms in total. The van der Waals surface area contributed by atoms with E-state index in [1.54, 1.807) is 36.1 Å². The minimum absolute atomic E-state index is 0.141. The second-order valence-electron chi connectivity index (χ2n) is 8.28. The molecular weight excluding hydrogens is 443 g/mol. The van der Waals surface area contributed by atoms with Gasteiger partial charge in [-0.3, -0.25) is 9.59 Å². The molecule has 0 spiro atoms. The normalized spacial score (nSPS) is 12.4. The van der Waals surface area contributed by atoms with Crippen molar-refractivity contribution in [2.24, 2.45) is 0 Å². The molecule has 2 rings (SSSR count). The molecule has 0 heterocycles. The van der Waals surface area contributed by atoms with E-state index < -0.39 is 11.6 Å². The van der Waals surface area contributed by atoms with Crippen molar-refractivity contribution in [2.45, 2.75) is 58.7 Å². The number of halogens is 3. The van der Waals surface area contributed by atoms with Crippen LogP contribution in [-0.2, 0) is 22.6 Å². The van der Waals surface area contributed by atoms with E-state index in [1.165, 1.54) is 0 Å². The van der Waals surface area contributed by atoms with E-state index in [1.807, 2.05) is 39.0 Å². The van der Waals surface area contributed by atoms with Crippen molar-refractivity contribution in [3.05, 3.63) is 68.7 Å². The number of benzene rings is 2. The predicted molar refractivity (Wildman–Crippen MR) is 124 cm³/mol. The van der Waals surface area contributed by atoms with Crippen LogP contribution in [0.2, 0.25) is 15.1 Å². The Bertz CT molecular complexity index is 910. The first-order valence-electron chi connectivity index (χ1n) is 9.77. The van der Waals surface area contributed by atoms with Crippen LogP contribution in [0.25, 0.3) is 0 Å². The zero-order valence-corrected chi connectivity index (χ0v) is 19.9. The molecule has 1 N–H and O–H groups in total. The molecule has 0 saturated carbocycles. The van der Waals surface area contributed by atoms with Crippen molar-refractivity contribution in [3.63, 3.8) is 0 Å². The zero-order chi connectivity index (χ0) is 22.5. The molecule has 1 atom stereocenters. The molecule has 0 saturated heterocycles. The van der Waals surface area contributed by atoms with Crippen LogP contribution in [0.3, 0.4) is 0 Å². The lowest BCUT2D eigenvalue weighted by atomic mass is 10.1. The Morgan fingerprint density at radius 1 is 1.00 bits per heavy atom. The first-order valence-corrected chi connectivity index (χ1v) is 10.9. The Kier molecular flexibility index (Phi) is 8.60. The average Bonchev–Trinajstić information content (AvgIpc) is 2.66. The molecule has 2 aromatic rings. The van der Waals surface area contributed by atoms with Crippen LogP contribution >= 0.6 is 34.8 Å². The molecule has 0 fully saturated rings. The summed E-state index contributed by atoms with van der Waals surface area (Å²) in [7, 11) is 0. The van der Waals surface area contributed by atoms with Crippen molar-refractivity contribution in [1.29, 1.82) is 0 Å². The van der Waals surface area contributed by atoms with Gasteiger partial charge in [0.15, 0.2) is 0 Å². The zero-order valence-electron chi connectivity index (χ0n) is 17.6. The van der Waals surface area contributed by atoms with Gasteiger partial charge in [-0.05, 0) is 63.4 Å². The highest BCUT2D eigenvalue weighted by atomic mass is 35.5. The summed E-state index contributed by atoms with van der Waals surface area (Å²) in [5, 5.41) is 4.41. The maximum absolute atomic E-state index is 13.1. The van der Waals surface area contributed by atoms with Crippen LogP contribution in [0, 0.1) is 0 Å². The smallest absolute Gasteiger partial charge is 0.242 e. The van der Waals surface area contributed by atoms with Crippen molar-refractivity contribution in [2.75, 3.05) is 0 Å². The molecule has 0 radical (unpaired) electrons. The number of hydrogen-bond donors (Lipinski definition) is 1. The Hall–Kier alpha value is -1.75. The molecule has 0 unspecified atom stereocenters. The predicted octanol–water partition coefficient (Wildman–Crippen LogP) is 5.91. The third-order valence-electron chi connectivity index (χ3n) is 4.57. The summed E-state index contributed by atoms with van der Waals surface area (Å²) >= 11 is 18.4. The van der Waals surface area contributed by atoms with Gasteiger partial charge in [-0.25, -0.2) is 0 Å². The van der Waals surface area contributed by atoms with Crippen LogP contribution in [0.4, 0.5) is 0 Å². The average molecular weight is 470 g/mol. The molecule has 0 aliphatic carbocycles. The van der Waals surface area contributed by atoms with Crippen molar-refractivity contribution < 1.29 is 9.59 Å². The van der Waals surface area contributed by atoms with Gasteiger partial charge in [0.05, 0.1) is 10.0 Å². The number of carbonyl (C=O) groups is 2. The number of carbonyl (C=O) groups excluding carboxylic acids is 2. The van der Waals surface area contributed by atoms with Crippen LogP contribution in [0.15, 0.2) is 42.5 Å². The molecule has 0 bridgehead atoms. The van der Waals surface area contributed by atoms with Crippen LogP contribution < -0.4 is 5.32 Å². The summed E-state index contributed by atoms with van der Waals surface area (Å²) < 4.78 is 0. The molecule has 0 aromatic heterocycles. The quantitative estimate of drug-likeness (QED) is 0.548. The SMILES string of the molecule is C[C@@H](C(=O)NC(C)(C)C)N(Cc1ccc(Cl)c(Cl)c1)C(=O)CCc1ccccc1Cl. The standard InChI is InChI=1S/C23H27Cl3N2O2/c1-15(22(30)27-23(2,3)4)28(14-16-9-11-19(25)20(26)13-16)21(29)12-10-17-7-5-6-8-18(17)24/h5-9,11,13,15H,10,12,14H2,1-4H3,(H,27,30)/t15-/m0/s1. The molecule has 7 heteroatoms. The lowest BCUT2D eigenvalue weighted by Gasteiger charge is -2.31. The fourth-order valence-corrected chi connectivity index (χ4v) is 3.53. The van der Waals surface area contributed by atoms with Gasteiger partial charge in [-0.2, -0.15) is 0 Å². The molecule has 2 amide bonds. The number of aryl methyl sites for hydroxylation is 1. The third kappa shape index (κ3) is 7.19. The van der Waals surface area contributed by atoms with E-state index in [4.69, 9.17) is 34.8 Å². The summed E-state index contributed by atoms with van der Waals surface area (Å²) in [6, 6.07) is 12.0. The number of hydrogen-bond acceptors (Lipinski definition) is 2. The number of nitrogens with one attached hydrogen (secondary N) is 1. The molecule has 162 valence electrons. The van der Waals surface area contributed by atoms with Crippen LogP contribution in [0.5, 0.6) is 0 Å². The molecular formula is C23H27Cl3N2O2. The molecule has 2 aromatic carbocycles. The van der Waals surface area contributed by atoms with Gasteiger partial charge in [0.1, 0.15) is 6.04 Å². The van der Waals surface area contributed by atoms with Crippen molar-refractivity contribution in [1.82, 2.24) is 10.2 Å². The van der Waals surface area contributed by atoms with Gasteiger partial charge >= 0.3 is 0 Å². The number of rotatable bonds is 7. The summed E-state index contributed by atoms with van der Waals surface area (Å²) in [4.78, 5) is 27.5. The van der Waals surface area contributed by atoms with E-state index in [0.717, 1.165) is 11.1 Å². The first-order chi connectivity index (χ1) is 14.0. The van der Waals surface area contributed by atoms with Crippen molar-refractivity contribution in [3.8, 4) is 0 Å². The molecule has 0 aliphatic rings. The van der Waals surface area contributed by atoms with Gasteiger partial charge in [0.25, 0.3) is 0 Å². The maximum Gasteiger partial charge on any atom is 0.242 e. The summed E-state index contributed by atoms with van der Waals surface area (Å²) in [6.45, 7) is 7.68. The topological polar surface area (TPSA) is 49.4 Å². The summed E-state index contributed by atoms with van der Waals surface area (Å²) in [6.07, 6.45) is 0.724.